The highest BCUT2D eigenvalue weighted by Crippen LogP contribution is 2.09. The van der Waals surface area contributed by atoms with Gasteiger partial charge < -0.3 is 25.5 Å². The van der Waals surface area contributed by atoms with E-state index in [1.54, 1.807) is 0 Å². The molecular weight excluding hydrogens is 284 g/mol. The third-order valence-electron chi connectivity index (χ3n) is 2.68. The number of carboxylic acid groups (broad SMARTS) is 1. The van der Waals surface area contributed by atoms with Crippen molar-refractivity contribution in [2.24, 2.45) is 0 Å². The summed E-state index contributed by atoms with van der Waals surface area (Å²) in [5.74, 6) is -2.64. The predicted molar refractivity (Wildman–Crippen MR) is 72.4 cm³/mol. The standard InChI is InChI=1S/C13H22O7.H2O/c14-9-10(15)13(19)20-12(18)8-6-4-2-1-3-5-7-11(16)17;/h10,14-15H,1-9H2,(H,16,17);1H2. The topological polar surface area (TPSA) is 153 Å². The lowest BCUT2D eigenvalue weighted by Gasteiger charge is -2.06. The molecule has 0 rings (SSSR count). The first-order chi connectivity index (χ1) is 9.47. The van der Waals surface area contributed by atoms with Gasteiger partial charge >= 0.3 is 17.9 Å². The van der Waals surface area contributed by atoms with E-state index in [1.165, 1.54) is 0 Å². The largest absolute Gasteiger partial charge is 0.481 e. The SMILES string of the molecule is O.O=C(O)CCCCCCCCC(=O)OC(=O)C(O)CO. The number of esters is 2. The molecule has 0 aliphatic carbocycles. The molecular formula is C13H24O8. The Morgan fingerprint density at radius 3 is 1.86 bits per heavy atom. The van der Waals surface area contributed by atoms with Gasteiger partial charge in [-0.05, 0) is 12.8 Å². The maximum absolute atomic E-state index is 11.2. The van der Waals surface area contributed by atoms with E-state index in [0.29, 0.717) is 12.8 Å². The molecule has 0 heterocycles. The monoisotopic (exact) mass is 308 g/mol. The zero-order valence-corrected chi connectivity index (χ0v) is 11.9. The van der Waals surface area contributed by atoms with E-state index >= 15 is 0 Å². The van der Waals surface area contributed by atoms with Crippen LogP contribution in [0.25, 0.3) is 0 Å². The van der Waals surface area contributed by atoms with Crippen LogP contribution in [-0.2, 0) is 19.1 Å². The van der Waals surface area contributed by atoms with Gasteiger partial charge in [0.25, 0.3) is 0 Å². The van der Waals surface area contributed by atoms with E-state index in [4.69, 9.17) is 15.3 Å². The van der Waals surface area contributed by atoms with Gasteiger partial charge in [0.15, 0.2) is 6.10 Å². The van der Waals surface area contributed by atoms with Crippen molar-refractivity contribution >= 4 is 17.9 Å². The predicted octanol–water partition coefficient (Wildman–Crippen LogP) is -0.210. The average molecular weight is 308 g/mol. The molecule has 0 aromatic heterocycles. The Morgan fingerprint density at radius 1 is 0.905 bits per heavy atom. The van der Waals surface area contributed by atoms with Gasteiger partial charge in [-0.1, -0.05) is 25.7 Å². The number of aliphatic hydroxyl groups is 2. The van der Waals surface area contributed by atoms with Crippen LogP contribution in [0.5, 0.6) is 0 Å². The number of carbonyl (C=O) groups excluding carboxylic acids is 2. The van der Waals surface area contributed by atoms with Crippen molar-refractivity contribution in [1.82, 2.24) is 0 Å². The summed E-state index contributed by atoms with van der Waals surface area (Å²) in [6.45, 7) is -0.775. The van der Waals surface area contributed by atoms with E-state index in [0.717, 1.165) is 25.7 Å². The summed E-state index contributed by atoms with van der Waals surface area (Å²) in [4.78, 5) is 32.4. The second-order valence-electron chi connectivity index (χ2n) is 4.51. The highest BCUT2D eigenvalue weighted by molar-refractivity contribution is 5.87. The summed E-state index contributed by atoms with van der Waals surface area (Å²) in [7, 11) is 0. The van der Waals surface area contributed by atoms with Crippen molar-refractivity contribution in [1.29, 1.82) is 0 Å². The lowest BCUT2D eigenvalue weighted by molar-refractivity contribution is -0.167. The van der Waals surface area contributed by atoms with Crippen LogP contribution in [0.3, 0.4) is 0 Å². The summed E-state index contributed by atoms with van der Waals surface area (Å²) in [5.41, 5.74) is 0. The van der Waals surface area contributed by atoms with Crippen molar-refractivity contribution < 1.29 is 39.9 Å². The Hall–Kier alpha value is -1.51. The zero-order chi connectivity index (χ0) is 15.4. The van der Waals surface area contributed by atoms with Crippen LogP contribution in [-0.4, -0.2) is 51.4 Å². The third kappa shape index (κ3) is 13.2. The van der Waals surface area contributed by atoms with Gasteiger partial charge in [0, 0.05) is 12.8 Å². The average Bonchev–Trinajstić information content (AvgIpc) is 2.40. The molecule has 21 heavy (non-hydrogen) atoms. The number of ether oxygens (including phenoxy) is 1. The lowest BCUT2D eigenvalue weighted by atomic mass is 10.1. The summed E-state index contributed by atoms with van der Waals surface area (Å²) >= 11 is 0. The molecule has 1 unspecified atom stereocenters. The van der Waals surface area contributed by atoms with Crippen LogP contribution in [0.15, 0.2) is 0 Å². The fraction of sp³-hybridized carbons (Fsp3) is 0.769. The summed E-state index contributed by atoms with van der Waals surface area (Å²) in [5, 5.41) is 25.8. The van der Waals surface area contributed by atoms with Crippen molar-refractivity contribution in [2.45, 2.75) is 57.5 Å². The Labute approximate surface area is 123 Å². The molecule has 0 spiro atoms. The smallest absolute Gasteiger partial charge is 0.345 e. The van der Waals surface area contributed by atoms with Gasteiger partial charge in [-0.3, -0.25) is 9.59 Å². The molecule has 0 aromatic carbocycles. The third-order valence-corrected chi connectivity index (χ3v) is 2.68. The highest BCUT2D eigenvalue weighted by Gasteiger charge is 2.18. The molecule has 0 amide bonds. The number of carbonyl (C=O) groups is 3. The van der Waals surface area contributed by atoms with Gasteiger partial charge in [-0.15, -0.1) is 0 Å². The molecule has 8 heteroatoms. The zero-order valence-electron chi connectivity index (χ0n) is 11.9. The Morgan fingerprint density at radius 2 is 1.38 bits per heavy atom. The second-order valence-corrected chi connectivity index (χ2v) is 4.51. The quantitative estimate of drug-likeness (QED) is 0.271. The van der Waals surface area contributed by atoms with Crippen molar-refractivity contribution in [3.63, 3.8) is 0 Å². The van der Waals surface area contributed by atoms with E-state index in [2.05, 4.69) is 4.74 Å². The number of aliphatic carboxylic acids is 1. The Balaban J connectivity index is 0. The molecule has 5 N–H and O–H groups in total. The first kappa shape index (κ1) is 21.8. The fourth-order valence-corrected chi connectivity index (χ4v) is 1.56. The summed E-state index contributed by atoms with van der Waals surface area (Å²) < 4.78 is 4.32. The van der Waals surface area contributed by atoms with Crippen LogP contribution >= 0.6 is 0 Å². The lowest BCUT2D eigenvalue weighted by Crippen LogP contribution is -2.28. The van der Waals surface area contributed by atoms with Gasteiger partial charge in [-0.2, -0.15) is 0 Å². The van der Waals surface area contributed by atoms with E-state index in [1.807, 2.05) is 0 Å². The molecule has 0 radical (unpaired) electrons. The Kier molecular flexibility index (Phi) is 14.0. The van der Waals surface area contributed by atoms with Gasteiger partial charge in [0.2, 0.25) is 0 Å². The minimum absolute atomic E-state index is 0. The number of aliphatic hydroxyl groups excluding tert-OH is 2. The van der Waals surface area contributed by atoms with E-state index < -0.39 is 30.6 Å². The highest BCUT2D eigenvalue weighted by atomic mass is 16.6. The first-order valence-corrected chi connectivity index (χ1v) is 6.72. The molecule has 0 bridgehead atoms. The first-order valence-electron chi connectivity index (χ1n) is 6.72. The minimum atomic E-state index is -1.67. The molecule has 0 fully saturated rings. The number of hydrogen-bond acceptors (Lipinski definition) is 6. The molecule has 0 saturated carbocycles. The molecule has 0 aliphatic rings. The minimum Gasteiger partial charge on any atom is -0.481 e. The van der Waals surface area contributed by atoms with Crippen molar-refractivity contribution in [2.75, 3.05) is 6.61 Å². The van der Waals surface area contributed by atoms with Crippen LogP contribution in [0.4, 0.5) is 0 Å². The molecule has 0 aliphatic heterocycles. The van der Waals surface area contributed by atoms with E-state index in [-0.39, 0.29) is 18.3 Å². The second kappa shape index (κ2) is 13.5. The van der Waals surface area contributed by atoms with Crippen molar-refractivity contribution in [3.8, 4) is 0 Å². The van der Waals surface area contributed by atoms with Gasteiger partial charge in [-0.25, -0.2) is 4.79 Å². The molecule has 124 valence electrons. The van der Waals surface area contributed by atoms with Crippen LogP contribution in [0, 0.1) is 0 Å². The van der Waals surface area contributed by atoms with Crippen LogP contribution < -0.4 is 0 Å². The number of rotatable bonds is 11. The maximum atomic E-state index is 11.2. The maximum Gasteiger partial charge on any atom is 0.345 e. The van der Waals surface area contributed by atoms with Crippen LogP contribution in [0.1, 0.15) is 51.4 Å². The van der Waals surface area contributed by atoms with E-state index in [9.17, 15) is 14.4 Å². The summed E-state index contributed by atoms with van der Waals surface area (Å²) in [6, 6.07) is 0. The van der Waals surface area contributed by atoms with Gasteiger partial charge in [0.05, 0.1) is 6.61 Å². The normalized spacial score (nSPS) is 11.3. The molecule has 0 aromatic rings. The fourth-order valence-electron chi connectivity index (χ4n) is 1.56. The van der Waals surface area contributed by atoms with Gasteiger partial charge in [0.1, 0.15) is 0 Å². The molecule has 8 nitrogen and oxygen atoms in total. The molecule has 0 saturated heterocycles. The Bertz CT molecular complexity index is 315. The number of hydrogen-bond donors (Lipinski definition) is 3. The molecule has 1 atom stereocenters. The summed E-state index contributed by atoms with van der Waals surface area (Å²) in [6.07, 6.45) is 3.25. The number of unbranched alkanes of at least 4 members (excludes halogenated alkanes) is 5. The van der Waals surface area contributed by atoms with Crippen molar-refractivity contribution in [3.05, 3.63) is 0 Å². The van der Waals surface area contributed by atoms with Crippen LogP contribution in [0.2, 0.25) is 0 Å². The number of carboxylic acids is 1.